The molecule has 1 fully saturated rings. The molecule has 1 heterocycles. The van der Waals surface area contributed by atoms with E-state index in [1.807, 2.05) is 61.5 Å². The summed E-state index contributed by atoms with van der Waals surface area (Å²) in [6, 6.07) is 22.3. The van der Waals surface area contributed by atoms with Crippen LogP contribution in [0.4, 0.5) is 4.79 Å². The highest BCUT2D eigenvalue weighted by atomic mass is 35.5. The van der Waals surface area contributed by atoms with E-state index in [2.05, 4.69) is 16.0 Å². The number of guanidine groups is 1. The van der Waals surface area contributed by atoms with Gasteiger partial charge in [0.1, 0.15) is 5.54 Å². The maximum absolute atomic E-state index is 13.1. The number of halogens is 2. The number of nitrogens with one attached hydrogen (secondary N) is 4. The van der Waals surface area contributed by atoms with Crippen LogP contribution in [0.25, 0.3) is 0 Å². The zero-order valence-corrected chi connectivity index (χ0v) is 21.3. The highest BCUT2D eigenvalue weighted by molar-refractivity contribution is 6.42. The minimum absolute atomic E-state index is 0.0998. The molecule has 4 rings (SSSR count). The Bertz CT molecular complexity index is 1270. The molecule has 0 aliphatic carbocycles. The van der Waals surface area contributed by atoms with Gasteiger partial charge in [-0.15, -0.1) is 0 Å². The zero-order valence-electron chi connectivity index (χ0n) is 19.8. The van der Waals surface area contributed by atoms with Gasteiger partial charge in [-0.05, 0) is 41.3 Å². The topological polar surface area (TPSA) is 97.3 Å². The Hall–Kier alpha value is -3.55. The minimum Gasteiger partial charge on any atom is -0.342 e. The zero-order chi connectivity index (χ0) is 25.7. The van der Waals surface area contributed by atoms with E-state index in [0.717, 1.165) is 22.3 Å². The van der Waals surface area contributed by atoms with Crippen LogP contribution >= 0.6 is 23.2 Å². The van der Waals surface area contributed by atoms with Gasteiger partial charge >= 0.3 is 6.03 Å². The van der Waals surface area contributed by atoms with Crippen molar-refractivity contribution in [1.82, 2.24) is 20.9 Å². The third-order valence-corrected chi connectivity index (χ3v) is 6.77. The number of carbonyl (C=O) groups is 2. The Morgan fingerprint density at radius 3 is 2.17 bits per heavy atom. The minimum atomic E-state index is -0.854. The molecule has 0 radical (unpaired) electrons. The summed E-state index contributed by atoms with van der Waals surface area (Å²) in [4.78, 5) is 26.8. The van der Waals surface area contributed by atoms with Gasteiger partial charge in [0.15, 0.2) is 5.96 Å². The number of urea groups is 1. The van der Waals surface area contributed by atoms with E-state index < -0.39 is 5.54 Å². The Morgan fingerprint density at radius 1 is 0.889 bits per heavy atom. The highest BCUT2D eigenvalue weighted by Gasteiger charge is 2.45. The van der Waals surface area contributed by atoms with Crippen molar-refractivity contribution in [2.45, 2.75) is 38.5 Å². The third-order valence-electron chi connectivity index (χ3n) is 6.04. The number of hydrogen-bond donors (Lipinski definition) is 4. The standard InChI is InChI=1S/C27H27Cl2N5O2/c1-27(14-18-5-3-2-4-6-18)24(35)34(25(30)33-27)17-20-9-7-19(8-10-20)15-31-26(36)32-16-21-11-12-22(28)23(29)13-21/h2-13H,14-17H2,1H3,(H2,30,33)(H2,31,32,36). The van der Waals surface area contributed by atoms with Crippen LogP contribution in [0.1, 0.15) is 29.2 Å². The monoisotopic (exact) mass is 523 g/mol. The maximum atomic E-state index is 13.1. The van der Waals surface area contributed by atoms with Crippen LogP contribution in [0.3, 0.4) is 0 Å². The SMILES string of the molecule is CC1(Cc2ccccc2)NC(=N)N(Cc2ccc(CNC(=O)NCc3ccc(Cl)c(Cl)c3)cc2)C1=O. The number of rotatable bonds is 8. The van der Waals surface area contributed by atoms with Crippen LogP contribution in [0.5, 0.6) is 0 Å². The molecule has 1 atom stereocenters. The van der Waals surface area contributed by atoms with E-state index in [4.69, 9.17) is 28.6 Å². The molecule has 3 aromatic rings. The molecule has 3 amide bonds. The molecule has 0 saturated carbocycles. The molecule has 3 aromatic carbocycles. The summed E-state index contributed by atoms with van der Waals surface area (Å²) in [5, 5.41) is 17.9. The van der Waals surface area contributed by atoms with Gasteiger partial charge in [-0.1, -0.05) is 83.9 Å². The predicted molar refractivity (Wildman–Crippen MR) is 142 cm³/mol. The fourth-order valence-corrected chi connectivity index (χ4v) is 4.40. The Labute approximate surface area is 220 Å². The number of amides is 3. The molecule has 186 valence electrons. The van der Waals surface area contributed by atoms with Crippen molar-refractivity contribution in [3.63, 3.8) is 0 Å². The smallest absolute Gasteiger partial charge is 0.315 e. The summed E-state index contributed by atoms with van der Waals surface area (Å²) in [6.07, 6.45) is 0.503. The van der Waals surface area contributed by atoms with Crippen molar-refractivity contribution in [3.05, 3.63) is 105 Å². The van der Waals surface area contributed by atoms with Gasteiger partial charge < -0.3 is 16.0 Å². The van der Waals surface area contributed by atoms with E-state index in [9.17, 15) is 9.59 Å². The van der Waals surface area contributed by atoms with Gasteiger partial charge in [-0.25, -0.2) is 4.79 Å². The van der Waals surface area contributed by atoms with Crippen molar-refractivity contribution in [1.29, 1.82) is 5.41 Å². The molecule has 36 heavy (non-hydrogen) atoms. The normalized spacial score (nSPS) is 17.1. The first kappa shape index (κ1) is 25.5. The van der Waals surface area contributed by atoms with Crippen molar-refractivity contribution in [2.75, 3.05) is 0 Å². The number of nitrogens with zero attached hydrogens (tertiary/aromatic N) is 1. The van der Waals surface area contributed by atoms with Crippen LogP contribution in [0, 0.1) is 5.41 Å². The molecular formula is C27H27Cl2N5O2. The second kappa shape index (κ2) is 11.0. The summed E-state index contributed by atoms with van der Waals surface area (Å²) >= 11 is 11.9. The fraction of sp³-hybridized carbons (Fsp3) is 0.222. The van der Waals surface area contributed by atoms with Gasteiger partial charge in [-0.3, -0.25) is 15.1 Å². The van der Waals surface area contributed by atoms with Crippen LogP contribution in [-0.2, 0) is 30.8 Å². The van der Waals surface area contributed by atoms with Crippen LogP contribution in [-0.4, -0.2) is 28.3 Å². The summed E-state index contributed by atoms with van der Waals surface area (Å²) in [7, 11) is 0. The summed E-state index contributed by atoms with van der Waals surface area (Å²) in [5.74, 6) is -0.0245. The molecular weight excluding hydrogens is 497 g/mol. The van der Waals surface area contributed by atoms with Gasteiger partial charge in [-0.2, -0.15) is 0 Å². The molecule has 0 aromatic heterocycles. The predicted octanol–water partition coefficient (Wildman–Crippen LogP) is 4.86. The molecule has 1 aliphatic heterocycles. The lowest BCUT2D eigenvalue weighted by Crippen LogP contribution is -2.45. The lowest BCUT2D eigenvalue weighted by atomic mass is 9.93. The Morgan fingerprint density at radius 2 is 1.50 bits per heavy atom. The van der Waals surface area contributed by atoms with Crippen LogP contribution in [0.2, 0.25) is 10.0 Å². The first-order valence-electron chi connectivity index (χ1n) is 11.5. The number of hydrogen-bond acceptors (Lipinski definition) is 3. The first-order valence-corrected chi connectivity index (χ1v) is 12.3. The fourth-order valence-electron chi connectivity index (χ4n) is 4.08. The number of benzene rings is 3. The van der Waals surface area contributed by atoms with Gasteiger partial charge in [0, 0.05) is 19.5 Å². The third kappa shape index (κ3) is 6.17. The molecule has 0 spiro atoms. The van der Waals surface area contributed by atoms with Crippen LogP contribution < -0.4 is 16.0 Å². The lowest BCUT2D eigenvalue weighted by molar-refractivity contribution is -0.130. The van der Waals surface area contributed by atoms with E-state index >= 15 is 0 Å². The Balaban J connectivity index is 1.27. The second-order valence-corrected chi connectivity index (χ2v) is 9.77. The van der Waals surface area contributed by atoms with E-state index in [1.165, 1.54) is 4.90 Å². The molecule has 1 aliphatic rings. The van der Waals surface area contributed by atoms with Crippen molar-refractivity contribution in [2.24, 2.45) is 0 Å². The van der Waals surface area contributed by atoms with Crippen molar-refractivity contribution >= 4 is 41.1 Å². The molecule has 9 heteroatoms. The number of carbonyl (C=O) groups excluding carboxylic acids is 2. The second-order valence-electron chi connectivity index (χ2n) is 8.96. The average Bonchev–Trinajstić information content (AvgIpc) is 3.07. The average molecular weight is 524 g/mol. The molecule has 1 unspecified atom stereocenters. The van der Waals surface area contributed by atoms with Gasteiger partial charge in [0.2, 0.25) is 0 Å². The van der Waals surface area contributed by atoms with Crippen molar-refractivity contribution < 1.29 is 9.59 Å². The summed E-state index contributed by atoms with van der Waals surface area (Å²) in [6.45, 7) is 2.81. The highest BCUT2D eigenvalue weighted by Crippen LogP contribution is 2.24. The first-order chi connectivity index (χ1) is 17.2. The van der Waals surface area contributed by atoms with Crippen LogP contribution in [0.15, 0.2) is 72.8 Å². The molecule has 7 nitrogen and oxygen atoms in total. The van der Waals surface area contributed by atoms with Crippen molar-refractivity contribution in [3.8, 4) is 0 Å². The van der Waals surface area contributed by atoms with E-state index in [-0.39, 0.29) is 17.9 Å². The van der Waals surface area contributed by atoms with E-state index in [1.54, 1.807) is 18.2 Å². The van der Waals surface area contributed by atoms with Gasteiger partial charge in [0.05, 0.1) is 16.6 Å². The lowest BCUT2D eigenvalue weighted by Gasteiger charge is -2.22. The maximum Gasteiger partial charge on any atom is 0.315 e. The molecule has 4 N–H and O–H groups in total. The van der Waals surface area contributed by atoms with Gasteiger partial charge in [0.25, 0.3) is 5.91 Å². The summed E-state index contributed by atoms with van der Waals surface area (Å²) < 4.78 is 0. The van der Waals surface area contributed by atoms with E-state index in [0.29, 0.717) is 36.1 Å². The molecule has 1 saturated heterocycles. The molecule has 0 bridgehead atoms. The Kier molecular flexibility index (Phi) is 7.82. The quantitative estimate of drug-likeness (QED) is 0.339. The summed E-state index contributed by atoms with van der Waals surface area (Å²) in [5.41, 5.74) is 2.84. The largest absolute Gasteiger partial charge is 0.342 e.